The number of benzene rings is 1. The topological polar surface area (TPSA) is 43.3 Å². The van der Waals surface area contributed by atoms with Gasteiger partial charge in [-0.1, -0.05) is 6.42 Å². The van der Waals surface area contributed by atoms with E-state index in [0.717, 1.165) is 30.5 Å². The Hall–Kier alpha value is -1.81. The van der Waals surface area contributed by atoms with E-state index in [1.54, 1.807) is 7.11 Å². The summed E-state index contributed by atoms with van der Waals surface area (Å²) < 4.78 is 7.27. The molecular formula is C16H20N2O2. The molecule has 1 aliphatic carbocycles. The molecule has 1 aliphatic rings. The van der Waals surface area contributed by atoms with Crippen LogP contribution in [-0.4, -0.2) is 24.2 Å². The molecule has 0 aliphatic heterocycles. The maximum Gasteiger partial charge on any atom is 0.227 e. The summed E-state index contributed by atoms with van der Waals surface area (Å²) in [5.41, 5.74) is 2.06. The molecule has 0 radical (unpaired) electrons. The first kappa shape index (κ1) is 13.2. The average molecular weight is 272 g/mol. The highest BCUT2D eigenvalue weighted by Gasteiger charge is 2.25. The number of ether oxygens (including phenoxy) is 1. The summed E-state index contributed by atoms with van der Waals surface area (Å²) in [4.78, 5) is 11.9. The first-order valence-electron chi connectivity index (χ1n) is 7.16. The molecule has 1 saturated carbocycles. The van der Waals surface area contributed by atoms with E-state index in [2.05, 4.69) is 28.2 Å². The molecule has 1 aromatic heterocycles. The average Bonchev–Trinajstić information content (AvgIpc) is 2.76. The molecule has 4 nitrogen and oxygen atoms in total. The van der Waals surface area contributed by atoms with Gasteiger partial charge in [-0.25, -0.2) is 0 Å². The fraction of sp³-hybridized carbons (Fsp3) is 0.438. The Morgan fingerprint density at radius 2 is 2.25 bits per heavy atom. The highest BCUT2D eigenvalue weighted by atomic mass is 16.5. The molecule has 1 amide bonds. The predicted octanol–water partition coefficient (Wildman–Crippen LogP) is 3.03. The van der Waals surface area contributed by atoms with Gasteiger partial charge < -0.3 is 14.6 Å². The quantitative estimate of drug-likeness (QED) is 0.909. The zero-order valence-electron chi connectivity index (χ0n) is 11.8. The molecule has 0 unspecified atom stereocenters. The highest BCUT2D eigenvalue weighted by molar-refractivity contribution is 5.95. The third-order valence-corrected chi connectivity index (χ3v) is 4.05. The van der Waals surface area contributed by atoms with E-state index < -0.39 is 0 Å². The molecular weight excluding hydrogens is 252 g/mol. The number of amides is 1. The van der Waals surface area contributed by atoms with Crippen molar-refractivity contribution in [2.24, 2.45) is 5.92 Å². The van der Waals surface area contributed by atoms with Crippen LogP contribution in [-0.2, 0) is 16.1 Å². The van der Waals surface area contributed by atoms with Crippen molar-refractivity contribution < 1.29 is 9.53 Å². The smallest absolute Gasteiger partial charge is 0.227 e. The monoisotopic (exact) mass is 272 g/mol. The van der Waals surface area contributed by atoms with Gasteiger partial charge in [-0.3, -0.25) is 4.79 Å². The lowest BCUT2D eigenvalue weighted by molar-refractivity contribution is -0.122. The Bertz CT molecular complexity index is 614. The van der Waals surface area contributed by atoms with Gasteiger partial charge in [0.2, 0.25) is 5.91 Å². The molecule has 2 aromatic rings. The molecule has 0 saturated heterocycles. The normalized spacial score (nSPS) is 15.2. The number of hydrogen-bond donors (Lipinski definition) is 1. The number of methoxy groups -OCH3 is 1. The molecule has 20 heavy (non-hydrogen) atoms. The molecule has 106 valence electrons. The van der Waals surface area contributed by atoms with E-state index in [0.29, 0.717) is 6.61 Å². The van der Waals surface area contributed by atoms with E-state index in [4.69, 9.17) is 4.74 Å². The number of carbonyl (C=O) groups is 1. The Balaban J connectivity index is 1.75. The number of anilines is 1. The lowest BCUT2D eigenvalue weighted by Crippen LogP contribution is -2.27. The Labute approximate surface area is 118 Å². The van der Waals surface area contributed by atoms with Crippen LogP contribution in [0.15, 0.2) is 30.5 Å². The molecule has 1 N–H and O–H groups in total. The van der Waals surface area contributed by atoms with Gasteiger partial charge in [0.25, 0.3) is 0 Å². The summed E-state index contributed by atoms with van der Waals surface area (Å²) in [6.07, 6.45) is 5.30. The molecule has 4 heteroatoms. The van der Waals surface area contributed by atoms with Crippen molar-refractivity contribution in [1.82, 2.24) is 4.57 Å². The third-order valence-electron chi connectivity index (χ3n) is 4.05. The van der Waals surface area contributed by atoms with Crippen LogP contribution in [0, 0.1) is 5.92 Å². The molecule has 0 spiro atoms. The number of nitrogens with one attached hydrogen (secondary N) is 1. The number of hydrogen-bond acceptors (Lipinski definition) is 2. The highest BCUT2D eigenvalue weighted by Crippen LogP contribution is 2.28. The van der Waals surface area contributed by atoms with Crippen LogP contribution in [0.2, 0.25) is 0 Å². The Morgan fingerprint density at radius 1 is 1.40 bits per heavy atom. The van der Waals surface area contributed by atoms with Gasteiger partial charge in [-0.2, -0.15) is 0 Å². The van der Waals surface area contributed by atoms with Crippen molar-refractivity contribution in [1.29, 1.82) is 0 Å². The first-order valence-corrected chi connectivity index (χ1v) is 7.16. The molecule has 0 bridgehead atoms. The summed E-state index contributed by atoms with van der Waals surface area (Å²) in [5, 5.41) is 4.16. The van der Waals surface area contributed by atoms with Gasteiger partial charge in [-0.05, 0) is 37.1 Å². The maximum absolute atomic E-state index is 11.9. The maximum atomic E-state index is 11.9. The van der Waals surface area contributed by atoms with Gasteiger partial charge in [0.15, 0.2) is 0 Å². The summed E-state index contributed by atoms with van der Waals surface area (Å²) >= 11 is 0. The first-order chi connectivity index (χ1) is 9.78. The van der Waals surface area contributed by atoms with Crippen LogP contribution in [0.4, 0.5) is 5.69 Å². The number of nitrogens with zero attached hydrogens (tertiary/aromatic N) is 1. The lowest BCUT2D eigenvalue weighted by Gasteiger charge is -2.24. The summed E-state index contributed by atoms with van der Waals surface area (Å²) in [7, 11) is 1.71. The van der Waals surface area contributed by atoms with Crippen molar-refractivity contribution in [3.8, 4) is 0 Å². The van der Waals surface area contributed by atoms with Gasteiger partial charge in [0.05, 0.1) is 6.61 Å². The predicted molar refractivity (Wildman–Crippen MR) is 79.8 cm³/mol. The second-order valence-corrected chi connectivity index (χ2v) is 5.39. The minimum atomic E-state index is 0.161. The molecule has 1 aromatic carbocycles. The van der Waals surface area contributed by atoms with Crippen LogP contribution in [0.1, 0.15) is 19.3 Å². The van der Waals surface area contributed by atoms with E-state index in [1.165, 1.54) is 11.9 Å². The number of carbonyl (C=O) groups excluding carboxylic acids is 1. The van der Waals surface area contributed by atoms with E-state index >= 15 is 0 Å². The van der Waals surface area contributed by atoms with Crippen molar-refractivity contribution in [3.63, 3.8) is 0 Å². The van der Waals surface area contributed by atoms with Crippen LogP contribution in [0.25, 0.3) is 10.9 Å². The van der Waals surface area contributed by atoms with Crippen molar-refractivity contribution in [3.05, 3.63) is 30.5 Å². The SMILES string of the molecule is COCCn1ccc2cc(NC(=O)C3CCC3)ccc21. The second-order valence-electron chi connectivity index (χ2n) is 5.39. The summed E-state index contributed by atoms with van der Waals surface area (Å²) in [5.74, 6) is 0.381. The van der Waals surface area contributed by atoms with Crippen molar-refractivity contribution in [2.45, 2.75) is 25.8 Å². The molecule has 3 rings (SSSR count). The van der Waals surface area contributed by atoms with Crippen molar-refractivity contribution >= 4 is 22.5 Å². The molecule has 0 atom stereocenters. The zero-order valence-corrected chi connectivity index (χ0v) is 11.8. The van der Waals surface area contributed by atoms with Gasteiger partial charge in [0, 0.05) is 42.4 Å². The fourth-order valence-corrected chi connectivity index (χ4v) is 2.58. The van der Waals surface area contributed by atoms with Crippen LogP contribution in [0.5, 0.6) is 0 Å². The standard InChI is InChI=1S/C16H20N2O2/c1-20-10-9-18-8-7-13-11-14(5-6-15(13)18)17-16(19)12-3-2-4-12/h5-8,11-12H,2-4,9-10H2,1H3,(H,17,19). The Morgan fingerprint density at radius 3 is 2.95 bits per heavy atom. The third kappa shape index (κ3) is 2.56. The second kappa shape index (κ2) is 5.67. The summed E-state index contributed by atoms with van der Waals surface area (Å²) in [6, 6.07) is 8.14. The van der Waals surface area contributed by atoms with Crippen LogP contribution >= 0.6 is 0 Å². The molecule has 1 fully saturated rings. The number of rotatable bonds is 5. The number of fused-ring (bicyclic) bond motifs is 1. The van der Waals surface area contributed by atoms with Gasteiger partial charge >= 0.3 is 0 Å². The van der Waals surface area contributed by atoms with E-state index in [9.17, 15) is 4.79 Å². The lowest BCUT2D eigenvalue weighted by atomic mass is 9.85. The van der Waals surface area contributed by atoms with Crippen LogP contribution in [0.3, 0.4) is 0 Å². The van der Waals surface area contributed by atoms with Crippen LogP contribution < -0.4 is 5.32 Å². The zero-order chi connectivity index (χ0) is 13.9. The van der Waals surface area contributed by atoms with Crippen molar-refractivity contribution in [2.75, 3.05) is 19.0 Å². The van der Waals surface area contributed by atoms with E-state index in [1.807, 2.05) is 12.1 Å². The largest absolute Gasteiger partial charge is 0.383 e. The van der Waals surface area contributed by atoms with Gasteiger partial charge in [-0.15, -0.1) is 0 Å². The molecule has 1 heterocycles. The Kier molecular flexibility index (Phi) is 3.74. The van der Waals surface area contributed by atoms with E-state index in [-0.39, 0.29) is 11.8 Å². The van der Waals surface area contributed by atoms with Gasteiger partial charge in [0.1, 0.15) is 0 Å². The minimum Gasteiger partial charge on any atom is -0.383 e. The fourth-order valence-electron chi connectivity index (χ4n) is 2.58. The number of aromatic nitrogens is 1. The minimum absolute atomic E-state index is 0.161. The summed E-state index contributed by atoms with van der Waals surface area (Å²) in [6.45, 7) is 1.54.